The molecule has 0 bridgehead atoms. The highest BCUT2D eigenvalue weighted by atomic mass is 19.4. The van der Waals surface area contributed by atoms with Crippen LogP contribution in [0.15, 0.2) is 12.1 Å². The Kier molecular flexibility index (Phi) is 6.52. The number of ether oxygens (including phenoxy) is 1. The van der Waals surface area contributed by atoms with Gasteiger partial charge in [-0.3, -0.25) is 4.90 Å². The summed E-state index contributed by atoms with van der Waals surface area (Å²) in [6.07, 6.45) is -3.58. The second-order valence-electron chi connectivity index (χ2n) is 7.82. The SMILES string of the molecule is Cc1cc(NCC2CCCN(C(O)OC(C)(C)C)C2)cc(C(F)(F)F)n1. The van der Waals surface area contributed by atoms with Gasteiger partial charge in [0.1, 0.15) is 5.69 Å². The van der Waals surface area contributed by atoms with E-state index in [0.717, 1.165) is 25.5 Å². The van der Waals surface area contributed by atoms with Crippen LogP contribution in [0.5, 0.6) is 0 Å². The fourth-order valence-electron chi connectivity index (χ4n) is 3.03. The van der Waals surface area contributed by atoms with Crippen LogP contribution < -0.4 is 5.32 Å². The largest absolute Gasteiger partial charge is 0.433 e. The van der Waals surface area contributed by atoms with Crippen LogP contribution in [-0.2, 0) is 10.9 Å². The topological polar surface area (TPSA) is 57.6 Å². The van der Waals surface area contributed by atoms with Gasteiger partial charge in [-0.2, -0.15) is 13.2 Å². The van der Waals surface area contributed by atoms with Crippen LogP contribution in [0, 0.1) is 12.8 Å². The van der Waals surface area contributed by atoms with Crippen LogP contribution in [0.1, 0.15) is 45.0 Å². The number of aliphatic hydroxyl groups excluding tert-OH is 1. The highest BCUT2D eigenvalue weighted by molar-refractivity contribution is 5.46. The Hall–Kier alpha value is -1.38. The number of aromatic nitrogens is 1. The van der Waals surface area contributed by atoms with Gasteiger partial charge in [0, 0.05) is 31.0 Å². The molecule has 1 aromatic rings. The maximum atomic E-state index is 12.9. The average Bonchev–Trinajstić information content (AvgIpc) is 2.50. The van der Waals surface area contributed by atoms with Crippen LogP contribution in [0.2, 0.25) is 0 Å². The molecular formula is C18H28F3N3O2. The molecular weight excluding hydrogens is 347 g/mol. The fourth-order valence-corrected chi connectivity index (χ4v) is 3.03. The molecule has 2 heterocycles. The van der Waals surface area contributed by atoms with E-state index in [4.69, 9.17) is 4.74 Å². The Labute approximate surface area is 152 Å². The lowest BCUT2D eigenvalue weighted by molar-refractivity contribution is -0.244. The number of aryl methyl sites for hydroxylation is 1. The van der Waals surface area contributed by atoms with E-state index in [1.807, 2.05) is 25.7 Å². The van der Waals surface area contributed by atoms with E-state index in [0.29, 0.717) is 24.5 Å². The summed E-state index contributed by atoms with van der Waals surface area (Å²) in [6.45, 7) is 9.07. The lowest BCUT2D eigenvalue weighted by Gasteiger charge is -2.38. The summed E-state index contributed by atoms with van der Waals surface area (Å²) in [6, 6.07) is 2.64. The molecule has 0 spiro atoms. The molecule has 1 saturated heterocycles. The molecule has 1 aromatic heterocycles. The van der Waals surface area contributed by atoms with Crippen LogP contribution in [0.4, 0.5) is 18.9 Å². The zero-order valence-electron chi connectivity index (χ0n) is 15.7. The third-order valence-electron chi connectivity index (χ3n) is 4.16. The Balaban J connectivity index is 1.94. The van der Waals surface area contributed by atoms with Crippen molar-refractivity contribution in [3.05, 3.63) is 23.5 Å². The number of nitrogens with zero attached hydrogens (tertiary/aromatic N) is 2. The Morgan fingerprint density at radius 1 is 1.35 bits per heavy atom. The van der Waals surface area contributed by atoms with Gasteiger partial charge in [0.25, 0.3) is 0 Å². The van der Waals surface area contributed by atoms with Gasteiger partial charge in [-0.15, -0.1) is 0 Å². The number of hydrogen-bond donors (Lipinski definition) is 2. The third kappa shape index (κ3) is 6.41. The minimum atomic E-state index is -4.46. The maximum Gasteiger partial charge on any atom is 0.433 e. The van der Waals surface area contributed by atoms with Gasteiger partial charge in [0.05, 0.1) is 5.60 Å². The number of rotatable bonds is 5. The first kappa shape index (κ1) is 20.9. The van der Waals surface area contributed by atoms with E-state index in [1.54, 1.807) is 13.0 Å². The van der Waals surface area contributed by atoms with Crippen molar-refractivity contribution in [3.63, 3.8) is 0 Å². The molecule has 8 heteroatoms. The Morgan fingerprint density at radius 3 is 2.65 bits per heavy atom. The molecule has 2 rings (SSSR count). The van der Waals surface area contributed by atoms with Crippen molar-refractivity contribution < 1.29 is 23.0 Å². The van der Waals surface area contributed by atoms with Gasteiger partial charge >= 0.3 is 6.18 Å². The summed E-state index contributed by atoms with van der Waals surface area (Å²) < 4.78 is 44.2. The number of halogens is 3. The van der Waals surface area contributed by atoms with Crippen molar-refractivity contribution in [2.24, 2.45) is 5.92 Å². The normalized spacial score (nSPS) is 20.8. The molecule has 2 atom stereocenters. The molecule has 2 unspecified atom stereocenters. The van der Waals surface area contributed by atoms with E-state index >= 15 is 0 Å². The smallest absolute Gasteiger partial charge is 0.385 e. The first-order chi connectivity index (χ1) is 11.9. The van der Waals surface area contributed by atoms with Crippen molar-refractivity contribution >= 4 is 5.69 Å². The lowest BCUT2D eigenvalue weighted by Crippen LogP contribution is -2.47. The molecule has 26 heavy (non-hydrogen) atoms. The molecule has 148 valence electrons. The summed E-state index contributed by atoms with van der Waals surface area (Å²) in [4.78, 5) is 5.41. The number of piperidine rings is 1. The molecule has 0 aromatic carbocycles. The van der Waals surface area contributed by atoms with Gasteiger partial charge in [0.2, 0.25) is 6.41 Å². The number of pyridine rings is 1. The number of anilines is 1. The summed E-state index contributed by atoms with van der Waals surface area (Å²) >= 11 is 0. The molecule has 0 radical (unpaired) electrons. The highest BCUT2D eigenvalue weighted by Gasteiger charge is 2.33. The second kappa shape index (κ2) is 8.10. The zero-order chi connectivity index (χ0) is 19.5. The number of hydrogen-bond acceptors (Lipinski definition) is 5. The van der Waals surface area contributed by atoms with E-state index < -0.39 is 23.9 Å². The predicted molar refractivity (Wildman–Crippen MR) is 93.6 cm³/mol. The Bertz CT molecular complexity index is 602. The number of aliphatic hydroxyl groups is 1. The molecule has 1 aliphatic heterocycles. The van der Waals surface area contributed by atoms with Crippen LogP contribution in [-0.4, -0.2) is 46.6 Å². The highest BCUT2D eigenvalue weighted by Crippen LogP contribution is 2.30. The molecule has 0 amide bonds. The average molecular weight is 375 g/mol. The maximum absolute atomic E-state index is 12.9. The summed E-state index contributed by atoms with van der Waals surface area (Å²) in [5.41, 5.74) is -0.609. The number of likely N-dealkylation sites (tertiary alicyclic amines) is 1. The quantitative estimate of drug-likeness (QED) is 0.770. The monoisotopic (exact) mass is 375 g/mol. The van der Waals surface area contributed by atoms with Crippen LogP contribution in [0.3, 0.4) is 0 Å². The van der Waals surface area contributed by atoms with Crippen LogP contribution in [0.25, 0.3) is 0 Å². The first-order valence-electron chi connectivity index (χ1n) is 8.84. The predicted octanol–water partition coefficient (Wildman–Crippen LogP) is 3.62. The fraction of sp³-hybridized carbons (Fsp3) is 0.722. The number of alkyl halides is 3. The standard InChI is InChI=1S/C18H28F3N3O2/c1-12-8-14(9-15(23-12)18(19,20)21)22-10-13-6-5-7-24(11-13)16(25)26-17(2,3)4/h8-9,13,16,25H,5-7,10-11H2,1-4H3,(H,22,23). The minimum absolute atomic E-state index is 0.213. The zero-order valence-corrected chi connectivity index (χ0v) is 15.7. The molecule has 0 saturated carbocycles. The summed E-state index contributed by atoms with van der Waals surface area (Å²) in [5.74, 6) is 0.213. The third-order valence-corrected chi connectivity index (χ3v) is 4.16. The van der Waals surface area contributed by atoms with E-state index in [1.165, 1.54) is 0 Å². The lowest BCUT2D eigenvalue weighted by atomic mass is 9.98. The molecule has 1 fully saturated rings. The minimum Gasteiger partial charge on any atom is -0.385 e. The summed E-state index contributed by atoms with van der Waals surface area (Å²) in [5, 5.41) is 13.3. The van der Waals surface area contributed by atoms with Crippen LogP contribution >= 0.6 is 0 Å². The second-order valence-corrected chi connectivity index (χ2v) is 7.82. The molecule has 0 aliphatic carbocycles. The van der Waals surface area contributed by atoms with Crippen molar-refractivity contribution in [1.29, 1.82) is 0 Å². The van der Waals surface area contributed by atoms with Gasteiger partial charge < -0.3 is 15.2 Å². The van der Waals surface area contributed by atoms with Crippen molar-refractivity contribution in [2.75, 3.05) is 25.0 Å². The van der Waals surface area contributed by atoms with Crippen molar-refractivity contribution in [2.45, 2.75) is 58.7 Å². The molecule has 2 N–H and O–H groups in total. The Morgan fingerprint density at radius 2 is 2.04 bits per heavy atom. The van der Waals surface area contributed by atoms with Crippen molar-refractivity contribution in [3.8, 4) is 0 Å². The van der Waals surface area contributed by atoms with E-state index in [2.05, 4.69) is 10.3 Å². The van der Waals surface area contributed by atoms with Gasteiger partial charge in [0.15, 0.2) is 0 Å². The van der Waals surface area contributed by atoms with E-state index in [-0.39, 0.29) is 5.92 Å². The molecule has 1 aliphatic rings. The van der Waals surface area contributed by atoms with Gasteiger partial charge in [-0.1, -0.05) is 0 Å². The number of nitrogens with one attached hydrogen (secondary N) is 1. The van der Waals surface area contributed by atoms with E-state index in [9.17, 15) is 18.3 Å². The van der Waals surface area contributed by atoms with Gasteiger partial charge in [-0.05, 0) is 58.6 Å². The first-order valence-corrected chi connectivity index (χ1v) is 8.84. The van der Waals surface area contributed by atoms with Gasteiger partial charge in [-0.25, -0.2) is 4.98 Å². The van der Waals surface area contributed by atoms with Crippen molar-refractivity contribution in [1.82, 2.24) is 9.88 Å². The summed E-state index contributed by atoms with van der Waals surface area (Å²) in [7, 11) is 0. The molecule has 5 nitrogen and oxygen atoms in total.